The van der Waals surface area contributed by atoms with Crippen LogP contribution in [0.1, 0.15) is 6.92 Å². The largest absolute Gasteiger partial charge is 0.454 e. The summed E-state index contributed by atoms with van der Waals surface area (Å²) in [6.45, 7) is 1.85. The van der Waals surface area contributed by atoms with E-state index in [4.69, 9.17) is 9.47 Å². The van der Waals surface area contributed by atoms with Crippen LogP contribution in [-0.2, 0) is 4.79 Å². The van der Waals surface area contributed by atoms with Gasteiger partial charge in [-0.3, -0.25) is 4.79 Å². The van der Waals surface area contributed by atoms with E-state index in [1.165, 1.54) is 6.07 Å². The number of carbonyl (C=O) groups is 1. The first-order valence-electron chi connectivity index (χ1n) is 6.85. The van der Waals surface area contributed by atoms with E-state index in [0.717, 1.165) is 23.9 Å². The normalized spacial score (nSPS) is 13.7. The zero-order chi connectivity index (χ0) is 16.4. The molecule has 7 heteroatoms. The number of carbonyl (C=O) groups excluding carboxylic acids is 1. The molecule has 4 nitrogen and oxygen atoms in total. The van der Waals surface area contributed by atoms with Crippen LogP contribution in [0.4, 0.5) is 14.5 Å². The van der Waals surface area contributed by atoms with Gasteiger partial charge in [0.1, 0.15) is 0 Å². The summed E-state index contributed by atoms with van der Waals surface area (Å²) in [5.41, 5.74) is 0.581. The number of rotatable bonds is 4. The van der Waals surface area contributed by atoms with Crippen LogP contribution in [0.25, 0.3) is 0 Å². The topological polar surface area (TPSA) is 47.6 Å². The second-order valence-electron chi connectivity index (χ2n) is 4.89. The highest BCUT2D eigenvalue weighted by atomic mass is 32.2. The summed E-state index contributed by atoms with van der Waals surface area (Å²) in [7, 11) is 0. The number of ether oxygens (including phenoxy) is 2. The molecular weight excluding hydrogens is 324 g/mol. The smallest absolute Gasteiger partial charge is 0.237 e. The highest BCUT2D eigenvalue weighted by molar-refractivity contribution is 8.00. The molecule has 0 aliphatic carbocycles. The van der Waals surface area contributed by atoms with Gasteiger partial charge in [-0.1, -0.05) is 0 Å². The molecule has 1 atom stereocenters. The van der Waals surface area contributed by atoms with E-state index in [1.807, 2.05) is 0 Å². The number of amides is 1. The third-order valence-electron chi connectivity index (χ3n) is 3.21. The first-order chi connectivity index (χ1) is 11.0. The molecule has 3 rings (SSSR count). The summed E-state index contributed by atoms with van der Waals surface area (Å²) in [5, 5.41) is 2.27. The summed E-state index contributed by atoms with van der Waals surface area (Å²) in [6.07, 6.45) is 0. The van der Waals surface area contributed by atoms with Gasteiger partial charge in [0.05, 0.1) is 5.25 Å². The van der Waals surface area contributed by atoms with Gasteiger partial charge in [-0.05, 0) is 37.3 Å². The fourth-order valence-electron chi connectivity index (χ4n) is 2.03. The molecule has 1 N–H and O–H groups in total. The summed E-state index contributed by atoms with van der Waals surface area (Å²) < 4.78 is 36.5. The van der Waals surface area contributed by atoms with Crippen LogP contribution in [0, 0.1) is 11.6 Å². The molecule has 1 aliphatic heterocycles. The van der Waals surface area contributed by atoms with Crippen molar-refractivity contribution in [3.8, 4) is 11.5 Å². The van der Waals surface area contributed by atoms with Crippen molar-refractivity contribution in [3.63, 3.8) is 0 Å². The van der Waals surface area contributed by atoms with Gasteiger partial charge in [0.15, 0.2) is 23.1 Å². The van der Waals surface area contributed by atoms with Gasteiger partial charge in [0, 0.05) is 16.6 Å². The Balaban J connectivity index is 1.64. The van der Waals surface area contributed by atoms with E-state index in [9.17, 15) is 13.6 Å². The van der Waals surface area contributed by atoms with Gasteiger partial charge >= 0.3 is 0 Å². The predicted octanol–water partition coefficient (Wildman–Crippen LogP) is 3.81. The molecule has 0 fully saturated rings. The number of hydrogen-bond donors (Lipinski definition) is 1. The lowest BCUT2D eigenvalue weighted by Gasteiger charge is -2.12. The molecule has 2 aromatic carbocycles. The molecule has 1 heterocycles. The fraction of sp³-hybridized carbons (Fsp3) is 0.188. The fourth-order valence-corrected chi connectivity index (χ4v) is 2.92. The van der Waals surface area contributed by atoms with E-state index in [0.29, 0.717) is 22.1 Å². The molecule has 0 radical (unpaired) electrons. The molecule has 0 aromatic heterocycles. The van der Waals surface area contributed by atoms with Crippen LogP contribution in [0.3, 0.4) is 0 Å². The molecule has 0 saturated heterocycles. The van der Waals surface area contributed by atoms with Gasteiger partial charge in [-0.25, -0.2) is 8.78 Å². The molecule has 0 bridgehead atoms. The molecule has 120 valence electrons. The highest BCUT2D eigenvalue weighted by Gasteiger charge is 2.18. The predicted molar refractivity (Wildman–Crippen MR) is 82.9 cm³/mol. The first kappa shape index (κ1) is 15.6. The van der Waals surface area contributed by atoms with Crippen LogP contribution in [0.5, 0.6) is 11.5 Å². The Morgan fingerprint density at radius 2 is 1.91 bits per heavy atom. The number of nitrogens with one attached hydrogen (secondary N) is 1. The van der Waals surface area contributed by atoms with Crippen molar-refractivity contribution >= 4 is 23.4 Å². The maximum atomic E-state index is 13.2. The second-order valence-corrected chi connectivity index (χ2v) is 6.31. The van der Waals surface area contributed by atoms with Gasteiger partial charge in [-0.2, -0.15) is 0 Å². The minimum atomic E-state index is -0.932. The monoisotopic (exact) mass is 337 g/mol. The minimum Gasteiger partial charge on any atom is -0.454 e. The number of hydrogen-bond acceptors (Lipinski definition) is 4. The first-order valence-corrected chi connectivity index (χ1v) is 7.73. The van der Waals surface area contributed by atoms with Crippen LogP contribution >= 0.6 is 11.8 Å². The average molecular weight is 337 g/mol. The second kappa shape index (κ2) is 6.45. The van der Waals surface area contributed by atoms with E-state index < -0.39 is 16.9 Å². The zero-order valence-corrected chi connectivity index (χ0v) is 13.0. The molecule has 1 aliphatic rings. The van der Waals surface area contributed by atoms with Gasteiger partial charge in [0.2, 0.25) is 12.7 Å². The number of benzene rings is 2. The molecule has 23 heavy (non-hydrogen) atoms. The maximum Gasteiger partial charge on any atom is 0.237 e. The summed E-state index contributed by atoms with van der Waals surface area (Å²) in [4.78, 5) is 12.7. The Morgan fingerprint density at radius 1 is 1.13 bits per heavy atom. The zero-order valence-electron chi connectivity index (χ0n) is 12.1. The van der Waals surface area contributed by atoms with Crippen LogP contribution < -0.4 is 14.8 Å². The summed E-state index contributed by atoms with van der Waals surface area (Å²) in [6, 6.07) is 8.65. The Morgan fingerprint density at radius 3 is 2.70 bits per heavy atom. The maximum absolute atomic E-state index is 13.2. The number of fused-ring (bicyclic) bond motifs is 1. The number of anilines is 1. The lowest BCUT2D eigenvalue weighted by atomic mass is 10.2. The van der Waals surface area contributed by atoms with E-state index in [1.54, 1.807) is 25.1 Å². The van der Waals surface area contributed by atoms with Crippen LogP contribution in [-0.4, -0.2) is 18.0 Å². The molecule has 0 saturated carbocycles. The van der Waals surface area contributed by atoms with E-state index >= 15 is 0 Å². The van der Waals surface area contributed by atoms with Crippen molar-refractivity contribution in [1.82, 2.24) is 0 Å². The lowest BCUT2D eigenvalue weighted by molar-refractivity contribution is -0.115. The van der Waals surface area contributed by atoms with E-state index in [2.05, 4.69) is 5.32 Å². The SMILES string of the molecule is C[C@H](Sc1ccc(F)c(F)c1)C(=O)Nc1ccc2c(c1)OCO2. The Kier molecular flexibility index (Phi) is 4.38. The molecule has 2 aromatic rings. The van der Waals surface area contributed by atoms with Crippen molar-refractivity contribution in [2.75, 3.05) is 12.1 Å². The van der Waals surface area contributed by atoms with E-state index in [-0.39, 0.29) is 12.7 Å². The Bertz CT molecular complexity index is 754. The van der Waals surface area contributed by atoms with Crippen molar-refractivity contribution in [3.05, 3.63) is 48.0 Å². The standard InChI is InChI=1S/C16H13F2NO3S/c1-9(23-11-3-4-12(17)13(18)7-11)16(20)19-10-2-5-14-15(6-10)22-8-21-14/h2-7,9H,8H2,1H3,(H,19,20)/t9-/m0/s1. The number of thioether (sulfide) groups is 1. The molecular formula is C16H13F2NO3S. The van der Waals surface area contributed by atoms with Gasteiger partial charge in [0.25, 0.3) is 0 Å². The summed E-state index contributed by atoms with van der Waals surface area (Å²) in [5.74, 6) is -0.889. The molecule has 1 amide bonds. The van der Waals surface area contributed by atoms with Crippen LogP contribution in [0.15, 0.2) is 41.3 Å². The van der Waals surface area contributed by atoms with Gasteiger partial charge in [-0.15, -0.1) is 11.8 Å². The third-order valence-corrected chi connectivity index (χ3v) is 4.31. The molecule has 0 spiro atoms. The quantitative estimate of drug-likeness (QED) is 0.862. The van der Waals surface area contributed by atoms with Crippen molar-refractivity contribution in [2.24, 2.45) is 0 Å². The Labute approximate surface area is 135 Å². The van der Waals surface area contributed by atoms with Crippen LogP contribution in [0.2, 0.25) is 0 Å². The van der Waals surface area contributed by atoms with Crippen molar-refractivity contribution in [1.29, 1.82) is 0 Å². The van der Waals surface area contributed by atoms with Crippen molar-refractivity contribution < 1.29 is 23.0 Å². The minimum absolute atomic E-state index is 0.162. The lowest BCUT2D eigenvalue weighted by Crippen LogP contribution is -2.22. The third kappa shape index (κ3) is 3.56. The highest BCUT2D eigenvalue weighted by Crippen LogP contribution is 2.34. The Hall–Kier alpha value is -2.28. The number of halogens is 2. The average Bonchev–Trinajstić information content (AvgIpc) is 2.98. The van der Waals surface area contributed by atoms with Crippen molar-refractivity contribution in [2.45, 2.75) is 17.1 Å². The molecule has 0 unspecified atom stereocenters. The summed E-state index contributed by atoms with van der Waals surface area (Å²) >= 11 is 1.14. The van der Waals surface area contributed by atoms with Gasteiger partial charge < -0.3 is 14.8 Å².